The van der Waals surface area contributed by atoms with Gasteiger partial charge in [0.15, 0.2) is 0 Å². The number of nitrogens with zero attached hydrogens (tertiary/aromatic N) is 1. The summed E-state index contributed by atoms with van der Waals surface area (Å²) in [5, 5.41) is 0.618. The average Bonchev–Trinajstić information content (AvgIpc) is 2.31. The van der Waals surface area contributed by atoms with Crippen molar-refractivity contribution in [2.75, 3.05) is 6.61 Å². The molecule has 0 aromatic heterocycles. The zero-order valence-electron chi connectivity index (χ0n) is 10.9. The van der Waals surface area contributed by atoms with Crippen molar-refractivity contribution in [3.63, 3.8) is 0 Å². The van der Waals surface area contributed by atoms with Gasteiger partial charge in [-0.15, -0.1) is 0 Å². The molecule has 0 aliphatic rings. The van der Waals surface area contributed by atoms with E-state index in [-0.39, 0.29) is 11.9 Å². The van der Waals surface area contributed by atoms with Crippen LogP contribution in [-0.2, 0) is 9.53 Å². The predicted octanol–water partition coefficient (Wildman–Crippen LogP) is 3.35. The molecular weight excluding hydrogens is 250 g/mol. The summed E-state index contributed by atoms with van der Waals surface area (Å²) >= 11 is 6.02. The van der Waals surface area contributed by atoms with Crippen molar-refractivity contribution >= 4 is 23.8 Å². The number of hydrogen-bond donors (Lipinski definition) is 0. The van der Waals surface area contributed by atoms with Crippen LogP contribution in [0.4, 0.5) is 0 Å². The van der Waals surface area contributed by atoms with E-state index in [1.807, 2.05) is 32.0 Å². The second-order valence-corrected chi connectivity index (χ2v) is 4.65. The zero-order chi connectivity index (χ0) is 13.5. The lowest BCUT2D eigenvalue weighted by molar-refractivity contribution is -0.145. The van der Waals surface area contributed by atoms with Crippen molar-refractivity contribution in [2.24, 2.45) is 10.9 Å². The quantitative estimate of drug-likeness (QED) is 0.606. The smallest absolute Gasteiger partial charge is 0.331 e. The van der Waals surface area contributed by atoms with Crippen LogP contribution in [0.5, 0.6) is 0 Å². The van der Waals surface area contributed by atoms with Crippen LogP contribution in [0.1, 0.15) is 26.3 Å². The molecule has 98 valence electrons. The van der Waals surface area contributed by atoms with Crippen molar-refractivity contribution < 1.29 is 9.53 Å². The van der Waals surface area contributed by atoms with Crippen molar-refractivity contribution in [1.29, 1.82) is 0 Å². The van der Waals surface area contributed by atoms with E-state index in [4.69, 9.17) is 16.3 Å². The van der Waals surface area contributed by atoms with Gasteiger partial charge >= 0.3 is 5.97 Å². The lowest BCUT2D eigenvalue weighted by atomic mass is 10.1. The van der Waals surface area contributed by atoms with Crippen LogP contribution in [0.2, 0.25) is 5.02 Å². The molecule has 1 atom stereocenters. The Morgan fingerprint density at radius 3 is 2.67 bits per heavy atom. The molecule has 0 fully saturated rings. The van der Waals surface area contributed by atoms with E-state index < -0.39 is 6.04 Å². The van der Waals surface area contributed by atoms with Crippen LogP contribution in [0.3, 0.4) is 0 Å². The third kappa shape index (κ3) is 4.15. The van der Waals surface area contributed by atoms with E-state index in [0.29, 0.717) is 11.6 Å². The van der Waals surface area contributed by atoms with Crippen molar-refractivity contribution in [2.45, 2.75) is 26.8 Å². The van der Waals surface area contributed by atoms with E-state index >= 15 is 0 Å². The third-order valence-corrected chi connectivity index (χ3v) is 2.78. The molecule has 0 N–H and O–H groups in total. The molecule has 1 aromatic rings. The number of carbonyl (C=O) groups excluding carboxylic acids is 1. The van der Waals surface area contributed by atoms with Gasteiger partial charge in [-0.05, 0) is 18.9 Å². The molecule has 0 amide bonds. The van der Waals surface area contributed by atoms with Crippen LogP contribution < -0.4 is 0 Å². The number of hydrogen-bond acceptors (Lipinski definition) is 3. The van der Waals surface area contributed by atoms with Gasteiger partial charge in [-0.3, -0.25) is 4.99 Å². The summed E-state index contributed by atoms with van der Waals surface area (Å²) in [4.78, 5) is 16.0. The van der Waals surface area contributed by atoms with Crippen molar-refractivity contribution in [3.05, 3.63) is 34.9 Å². The Labute approximate surface area is 113 Å². The maximum atomic E-state index is 11.7. The fourth-order valence-electron chi connectivity index (χ4n) is 1.47. The largest absolute Gasteiger partial charge is 0.464 e. The lowest BCUT2D eigenvalue weighted by Crippen LogP contribution is -2.27. The van der Waals surface area contributed by atoms with Gasteiger partial charge in [0.05, 0.1) is 6.61 Å². The van der Waals surface area contributed by atoms with Gasteiger partial charge in [-0.1, -0.05) is 43.6 Å². The average molecular weight is 268 g/mol. The first-order valence-corrected chi connectivity index (χ1v) is 6.38. The van der Waals surface area contributed by atoms with Crippen LogP contribution in [-0.4, -0.2) is 24.8 Å². The Morgan fingerprint density at radius 2 is 2.11 bits per heavy atom. The second kappa shape index (κ2) is 7.17. The lowest BCUT2D eigenvalue weighted by Gasteiger charge is -2.14. The van der Waals surface area contributed by atoms with Gasteiger partial charge in [0, 0.05) is 16.8 Å². The van der Waals surface area contributed by atoms with Crippen molar-refractivity contribution in [1.82, 2.24) is 0 Å². The maximum Gasteiger partial charge on any atom is 0.331 e. The van der Waals surface area contributed by atoms with Crippen LogP contribution in [0, 0.1) is 5.92 Å². The fraction of sp³-hybridized carbons (Fsp3) is 0.429. The highest BCUT2D eigenvalue weighted by molar-refractivity contribution is 6.33. The molecule has 0 bridgehead atoms. The molecule has 0 aliphatic carbocycles. The third-order valence-electron chi connectivity index (χ3n) is 2.44. The molecule has 1 aromatic carbocycles. The van der Waals surface area contributed by atoms with Crippen LogP contribution >= 0.6 is 11.6 Å². The van der Waals surface area contributed by atoms with E-state index in [2.05, 4.69) is 4.99 Å². The highest BCUT2D eigenvalue weighted by Crippen LogP contribution is 2.14. The number of carbonyl (C=O) groups is 1. The molecule has 4 heteroatoms. The predicted molar refractivity (Wildman–Crippen MR) is 74.3 cm³/mol. The molecule has 0 aliphatic heterocycles. The number of esters is 1. The highest BCUT2D eigenvalue weighted by atomic mass is 35.5. The highest BCUT2D eigenvalue weighted by Gasteiger charge is 2.21. The Balaban J connectivity index is 2.84. The van der Waals surface area contributed by atoms with Gasteiger partial charge in [0.25, 0.3) is 0 Å². The molecule has 0 heterocycles. The molecule has 0 saturated heterocycles. The van der Waals surface area contributed by atoms with E-state index in [1.165, 1.54) is 0 Å². The minimum Gasteiger partial charge on any atom is -0.464 e. The van der Waals surface area contributed by atoms with Crippen LogP contribution in [0.25, 0.3) is 0 Å². The molecular formula is C14H18ClNO2. The van der Waals surface area contributed by atoms with E-state index in [9.17, 15) is 4.79 Å². The Kier molecular flexibility index (Phi) is 5.86. The fourth-order valence-corrected chi connectivity index (χ4v) is 1.66. The number of ether oxygens (including phenoxy) is 1. The van der Waals surface area contributed by atoms with Crippen LogP contribution in [0.15, 0.2) is 29.3 Å². The summed E-state index contributed by atoms with van der Waals surface area (Å²) in [6, 6.07) is 6.89. The van der Waals surface area contributed by atoms with Gasteiger partial charge in [-0.2, -0.15) is 0 Å². The maximum absolute atomic E-state index is 11.7. The standard InChI is InChI=1S/C14H18ClNO2/c1-4-18-14(17)13(10(2)3)16-9-11-7-5-6-8-12(11)15/h5-10,13H,4H2,1-3H3. The van der Waals surface area contributed by atoms with Gasteiger partial charge in [-0.25, -0.2) is 4.79 Å². The van der Waals surface area contributed by atoms with E-state index in [1.54, 1.807) is 19.2 Å². The summed E-state index contributed by atoms with van der Waals surface area (Å²) in [5.74, 6) is -0.210. The topological polar surface area (TPSA) is 38.7 Å². The summed E-state index contributed by atoms with van der Waals surface area (Å²) in [6.45, 7) is 6.02. The molecule has 1 unspecified atom stereocenters. The van der Waals surface area contributed by atoms with Gasteiger partial charge < -0.3 is 4.74 Å². The van der Waals surface area contributed by atoms with Gasteiger partial charge in [0.1, 0.15) is 6.04 Å². The SMILES string of the molecule is CCOC(=O)C(N=Cc1ccccc1Cl)C(C)C. The first-order chi connectivity index (χ1) is 8.56. The van der Waals surface area contributed by atoms with Gasteiger partial charge in [0.2, 0.25) is 0 Å². The minimum absolute atomic E-state index is 0.0859. The molecule has 1 rings (SSSR count). The summed E-state index contributed by atoms with van der Waals surface area (Å²) in [5.41, 5.74) is 0.800. The van der Waals surface area contributed by atoms with E-state index in [0.717, 1.165) is 5.56 Å². The second-order valence-electron chi connectivity index (χ2n) is 4.24. The first kappa shape index (κ1) is 14.7. The minimum atomic E-state index is -0.485. The number of benzene rings is 1. The number of halogens is 1. The molecule has 0 spiro atoms. The molecule has 0 saturated carbocycles. The Bertz CT molecular complexity index is 430. The Morgan fingerprint density at radius 1 is 1.44 bits per heavy atom. The number of rotatable bonds is 5. The molecule has 0 radical (unpaired) electrons. The summed E-state index contributed by atoms with van der Waals surface area (Å²) in [6.07, 6.45) is 1.63. The monoisotopic (exact) mass is 267 g/mol. The number of aliphatic imine (C=N–C) groups is 1. The first-order valence-electron chi connectivity index (χ1n) is 6.00. The summed E-state index contributed by atoms with van der Waals surface area (Å²) < 4.78 is 5.00. The normalized spacial score (nSPS) is 12.9. The Hall–Kier alpha value is -1.35. The summed E-state index contributed by atoms with van der Waals surface area (Å²) in [7, 11) is 0. The zero-order valence-corrected chi connectivity index (χ0v) is 11.6. The molecule has 3 nitrogen and oxygen atoms in total. The molecule has 18 heavy (non-hydrogen) atoms. The van der Waals surface area contributed by atoms with Crippen molar-refractivity contribution in [3.8, 4) is 0 Å².